The van der Waals surface area contributed by atoms with E-state index in [1.807, 2.05) is 12.1 Å². The van der Waals surface area contributed by atoms with Crippen LogP contribution in [0.1, 0.15) is 29.8 Å². The Morgan fingerprint density at radius 1 is 1.44 bits per heavy atom. The first-order chi connectivity index (χ1) is 8.31. The number of ketones is 1. The van der Waals surface area contributed by atoms with Crippen molar-refractivity contribution in [3.63, 3.8) is 0 Å². The van der Waals surface area contributed by atoms with Crippen LogP contribution < -0.4 is 5.73 Å². The molecule has 1 unspecified atom stereocenters. The van der Waals surface area contributed by atoms with Crippen molar-refractivity contribution in [2.24, 2.45) is 5.73 Å². The fourth-order valence-electron chi connectivity index (χ4n) is 2.33. The molecule has 2 N–H and O–H groups in total. The number of nitrogens with zero attached hydrogens (tertiary/aromatic N) is 2. The van der Waals surface area contributed by atoms with Gasteiger partial charge in [0.05, 0.1) is 6.54 Å². The van der Waals surface area contributed by atoms with Crippen molar-refractivity contribution < 1.29 is 4.79 Å². The van der Waals surface area contributed by atoms with E-state index >= 15 is 0 Å². The lowest BCUT2D eigenvalue weighted by Crippen LogP contribution is -2.46. The molecular weight excluding hydrogens is 250 g/mol. The van der Waals surface area contributed by atoms with E-state index in [4.69, 9.17) is 5.73 Å². The molecule has 2 rings (SSSR count). The van der Waals surface area contributed by atoms with E-state index in [2.05, 4.69) is 9.88 Å². The Kier molecular flexibility index (Phi) is 6.25. The minimum Gasteiger partial charge on any atom is -0.329 e. The number of pyridine rings is 1. The van der Waals surface area contributed by atoms with Gasteiger partial charge in [0.1, 0.15) is 5.69 Å². The molecule has 1 aliphatic rings. The number of nitrogens with two attached hydrogens (primary N) is 1. The first-order valence-corrected chi connectivity index (χ1v) is 6.19. The summed E-state index contributed by atoms with van der Waals surface area (Å²) < 4.78 is 0. The highest BCUT2D eigenvalue weighted by Crippen LogP contribution is 2.16. The van der Waals surface area contributed by atoms with Crippen molar-refractivity contribution in [1.82, 2.24) is 9.88 Å². The molecule has 1 fully saturated rings. The molecule has 5 heteroatoms. The summed E-state index contributed by atoms with van der Waals surface area (Å²) in [5, 5.41) is 0. The third-order valence-electron chi connectivity index (χ3n) is 3.32. The first-order valence-electron chi connectivity index (χ1n) is 6.19. The summed E-state index contributed by atoms with van der Waals surface area (Å²) in [6.45, 7) is 2.05. The van der Waals surface area contributed by atoms with Crippen LogP contribution in [0, 0.1) is 0 Å². The lowest BCUT2D eigenvalue weighted by Gasteiger charge is -2.34. The molecule has 1 aromatic heterocycles. The molecule has 0 radical (unpaired) electrons. The van der Waals surface area contributed by atoms with Gasteiger partial charge in [-0.2, -0.15) is 0 Å². The Morgan fingerprint density at radius 3 is 2.94 bits per heavy atom. The minimum absolute atomic E-state index is 0. The Bertz CT molecular complexity index is 372. The van der Waals surface area contributed by atoms with E-state index < -0.39 is 0 Å². The third kappa shape index (κ3) is 3.77. The van der Waals surface area contributed by atoms with E-state index in [1.54, 1.807) is 12.3 Å². The molecule has 0 saturated carbocycles. The molecular formula is C13H20ClN3O. The van der Waals surface area contributed by atoms with Gasteiger partial charge in [-0.15, -0.1) is 12.4 Å². The van der Waals surface area contributed by atoms with Crippen LogP contribution in [0.3, 0.4) is 0 Å². The predicted octanol–water partition coefficient (Wildman–Crippen LogP) is 1.50. The van der Waals surface area contributed by atoms with Gasteiger partial charge in [0.15, 0.2) is 5.78 Å². The maximum absolute atomic E-state index is 12.0. The fraction of sp³-hybridized carbons (Fsp3) is 0.538. The Balaban J connectivity index is 0.00000162. The van der Waals surface area contributed by atoms with Gasteiger partial charge in [-0.25, -0.2) is 0 Å². The summed E-state index contributed by atoms with van der Waals surface area (Å²) in [7, 11) is 0. The van der Waals surface area contributed by atoms with Crippen molar-refractivity contribution >= 4 is 18.2 Å². The normalized spacial score (nSPS) is 20.2. The number of carbonyl (C=O) groups excluding carboxylic acids is 1. The smallest absolute Gasteiger partial charge is 0.195 e. The highest BCUT2D eigenvalue weighted by Gasteiger charge is 2.23. The fourth-order valence-corrected chi connectivity index (χ4v) is 2.33. The number of rotatable bonds is 4. The van der Waals surface area contributed by atoms with Gasteiger partial charge >= 0.3 is 0 Å². The predicted molar refractivity (Wildman–Crippen MR) is 74.1 cm³/mol. The standard InChI is InChI=1S/C13H19N3O.ClH/c14-9-11-5-2-4-8-16(11)10-13(17)12-6-1-3-7-15-12;/h1,3,6-7,11H,2,4-5,8-10,14H2;1H. The molecule has 1 aliphatic heterocycles. The van der Waals surface area contributed by atoms with Crippen molar-refractivity contribution in [2.75, 3.05) is 19.6 Å². The van der Waals surface area contributed by atoms with Crippen molar-refractivity contribution in [3.05, 3.63) is 30.1 Å². The second kappa shape index (κ2) is 7.46. The van der Waals surface area contributed by atoms with Gasteiger partial charge in [0.25, 0.3) is 0 Å². The molecule has 1 atom stereocenters. The third-order valence-corrected chi connectivity index (χ3v) is 3.32. The molecule has 1 saturated heterocycles. The Morgan fingerprint density at radius 2 is 2.28 bits per heavy atom. The van der Waals surface area contributed by atoms with Crippen LogP contribution in [-0.2, 0) is 0 Å². The number of likely N-dealkylation sites (tertiary alicyclic amines) is 1. The number of hydrogen-bond acceptors (Lipinski definition) is 4. The lowest BCUT2D eigenvalue weighted by atomic mass is 10.0. The molecule has 0 bridgehead atoms. The van der Waals surface area contributed by atoms with Crippen LogP contribution >= 0.6 is 12.4 Å². The monoisotopic (exact) mass is 269 g/mol. The lowest BCUT2D eigenvalue weighted by molar-refractivity contribution is 0.0846. The number of halogens is 1. The molecule has 0 spiro atoms. The molecule has 2 heterocycles. The summed E-state index contributed by atoms with van der Waals surface area (Å²) in [6, 6.07) is 5.79. The second-order valence-electron chi connectivity index (χ2n) is 4.49. The summed E-state index contributed by atoms with van der Waals surface area (Å²) in [5.41, 5.74) is 6.29. The SMILES string of the molecule is Cl.NCC1CCCCN1CC(=O)c1ccccn1. The van der Waals surface area contributed by atoms with Gasteiger partial charge in [-0.1, -0.05) is 12.5 Å². The van der Waals surface area contributed by atoms with Crippen LogP contribution in [-0.4, -0.2) is 41.3 Å². The molecule has 1 aromatic rings. The van der Waals surface area contributed by atoms with E-state index in [9.17, 15) is 4.79 Å². The molecule has 0 aliphatic carbocycles. The van der Waals surface area contributed by atoms with Crippen molar-refractivity contribution in [1.29, 1.82) is 0 Å². The van der Waals surface area contributed by atoms with E-state index in [-0.39, 0.29) is 18.2 Å². The molecule has 4 nitrogen and oxygen atoms in total. The molecule has 18 heavy (non-hydrogen) atoms. The summed E-state index contributed by atoms with van der Waals surface area (Å²) in [5.74, 6) is 0.0888. The maximum Gasteiger partial charge on any atom is 0.195 e. The quantitative estimate of drug-likeness (QED) is 0.842. The number of aromatic nitrogens is 1. The van der Waals surface area contributed by atoms with Gasteiger partial charge in [-0.05, 0) is 31.5 Å². The zero-order valence-electron chi connectivity index (χ0n) is 10.4. The molecule has 0 amide bonds. The summed E-state index contributed by atoms with van der Waals surface area (Å²) >= 11 is 0. The van der Waals surface area contributed by atoms with Crippen LogP contribution in [0.4, 0.5) is 0 Å². The highest BCUT2D eigenvalue weighted by molar-refractivity contribution is 5.95. The zero-order valence-corrected chi connectivity index (χ0v) is 11.2. The molecule has 0 aromatic carbocycles. The number of hydrogen-bond donors (Lipinski definition) is 1. The summed E-state index contributed by atoms with van der Waals surface area (Å²) in [4.78, 5) is 18.3. The van der Waals surface area contributed by atoms with Crippen LogP contribution in [0.25, 0.3) is 0 Å². The maximum atomic E-state index is 12.0. The van der Waals surface area contributed by atoms with Crippen molar-refractivity contribution in [3.8, 4) is 0 Å². The number of piperidine rings is 1. The molecule has 100 valence electrons. The van der Waals surface area contributed by atoms with E-state index in [0.717, 1.165) is 19.4 Å². The van der Waals surface area contributed by atoms with E-state index in [1.165, 1.54) is 6.42 Å². The zero-order chi connectivity index (χ0) is 12.1. The average Bonchev–Trinajstić information content (AvgIpc) is 2.40. The minimum atomic E-state index is 0. The van der Waals surface area contributed by atoms with Gasteiger partial charge in [0, 0.05) is 18.8 Å². The van der Waals surface area contributed by atoms with Crippen LogP contribution in [0.15, 0.2) is 24.4 Å². The van der Waals surface area contributed by atoms with Crippen molar-refractivity contribution in [2.45, 2.75) is 25.3 Å². The topological polar surface area (TPSA) is 59.2 Å². The van der Waals surface area contributed by atoms with Crippen LogP contribution in [0.2, 0.25) is 0 Å². The van der Waals surface area contributed by atoms with Gasteiger partial charge in [-0.3, -0.25) is 14.7 Å². The Hall–Kier alpha value is -0.970. The van der Waals surface area contributed by atoms with Gasteiger partial charge in [0.2, 0.25) is 0 Å². The number of carbonyl (C=O) groups is 1. The number of Topliss-reactive ketones (excluding diaryl/α,β-unsaturated/α-hetero) is 1. The highest BCUT2D eigenvalue weighted by atomic mass is 35.5. The largest absolute Gasteiger partial charge is 0.329 e. The average molecular weight is 270 g/mol. The van der Waals surface area contributed by atoms with E-state index in [0.29, 0.717) is 24.8 Å². The Labute approximate surface area is 114 Å². The van der Waals surface area contributed by atoms with Crippen LogP contribution in [0.5, 0.6) is 0 Å². The second-order valence-corrected chi connectivity index (χ2v) is 4.49. The van der Waals surface area contributed by atoms with Gasteiger partial charge < -0.3 is 5.73 Å². The first kappa shape index (κ1) is 15.1. The summed E-state index contributed by atoms with van der Waals surface area (Å²) in [6.07, 6.45) is 5.14.